The first-order valence-corrected chi connectivity index (χ1v) is 17.0. The number of oxazole rings is 1. The summed E-state index contributed by atoms with van der Waals surface area (Å²) in [5.41, 5.74) is 12.6. The van der Waals surface area contributed by atoms with Crippen LogP contribution in [0.25, 0.3) is 67.5 Å². The van der Waals surface area contributed by atoms with Crippen LogP contribution in [0.1, 0.15) is 16.7 Å². The molecule has 0 unspecified atom stereocenters. The second kappa shape index (κ2) is 15.9. The van der Waals surface area contributed by atoms with Crippen molar-refractivity contribution in [2.75, 3.05) is 0 Å². The van der Waals surface area contributed by atoms with E-state index in [1.54, 1.807) is 30.6 Å². The van der Waals surface area contributed by atoms with Gasteiger partial charge in [-0.05, 0) is 41.7 Å². The maximum absolute atomic E-state index is 9.32. The first kappa shape index (κ1) is 35.7. The van der Waals surface area contributed by atoms with Gasteiger partial charge in [-0.1, -0.05) is 97.1 Å². The van der Waals surface area contributed by atoms with Gasteiger partial charge in [0.1, 0.15) is 6.33 Å². The molecule has 0 aliphatic heterocycles. The Morgan fingerprint density at radius 2 is 1.35 bits per heavy atom. The summed E-state index contributed by atoms with van der Waals surface area (Å²) in [5, 5.41) is 17.9. The molecule has 9 aromatic rings. The van der Waals surface area contributed by atoms with E-state index in [1.807, 2.05) is 59.4 Å². The number of nitrogens with zero attached hydrogens (tertiary/aromatic N) is 7. The summed E-state index contributed by atoms with van der Waals surface area (Å²) in [5.74, 6) is 1.49. The van der Waals surface area contributed by atoms with Crippen LogP contribution >= 0.6 is 0 Å². The molecule has 0 amide bonds. The van der Waals surface area contributed by atoms with Gasteiger partial charge in [0.2, 0.25) is 0 Å². The number of benzene rings is 6. The monoisotopic (exact) mass is 878 g/mol. The first-order chi connectivity index (χ1) is 26.1. The molecule has 0 atom stereocenters. The fourth-order valence-corrected chi connectivity index (χ4v) is 6.55. The molecule has 0 spiro atoms. The molecule has 263 valence electrons. The zero-order valence-corrected chi connectivity index (χ0v) is 31.7. The van der Waals surface area contributed by atoms with Gasteiger partial charge in [-0.15, -0.1) is 58.7 Å². The van der Waals surface area contributed by atoms with E-state index in [4.69, 9.17) is 4.42 Å². The maximum Gasteiger partial charge on any atom is 0.169 e. The largest absolute Gasteiger partial charge is 0.490 e. The van der Waals surface area contributed by atoms with Crippen molar-refractivity contribution in [1.29, 1.82) is 5.26 Å². The van der Waals surface area contributed by atoms with E-state index in [1.165, 1.54) is 17.5 Å². The predicted octanol–water partition coefficient (Wildman–Crippen LogP) is 10.0. The molecule has 1 radical (unpaired) electrons. The second-order valence-corrected chi connectivity index (χ2v) is 12.4. The van der Waals surface area contributed by atoms with Crippen molar-refractivity contribution in [1.82, 2.24) is 29.3 Å². The van der Waals surface area contributed by atoms with Gasteiger partial charge in [-0.2, -0.15) is 10.4 Å². The molecular formula is C45H31IrN7O-2. The Hall–Kier alpha value is -6.72. The fourth-order valence-electron chi connectivity index (χ4n) is 6.55. The third kappa shape index (κ3) is 7.04. The van der Waals surface area contributed by atoms with Gasteiger partial charge in [0.05, 0.1) is 29.0 Å². The fraction of sp³-hybridized carbons (Fsp3) is 0.0444. The summed E-state index contributed by atoms with van der Waals surface area (Å²) >= 11 is 0. The molecule has 54 heavy (non-hydrogen) atoms. The van der Waals surface area contributed by atoms with Crippen molar-refractivity contribution >= 4 is 11.1 Å². The van der Waals surface area contributed by atoms with Gasteiger partial charge < -0.3 is 13.6 Å². The zero-order valence-electron chi connectivity index (χ0n) is 29.3. The molecule has 0 bridgehead atoms. The minimum absolute atomic E-state index is 0. The molecule has 0 N–H and O–H groups in total. The van der Waals surface area contributed by atoms with Crippen molar-refractivity contribution in [3.05, 3.63) is 181 Å². The van der Waals surface area contributed by atoms with E-state index in [0.29, 0.717) is 11.4 Å². The van der Waals surface area contributed by atoms with Gasteiger partial charge in [0, 0.05) is 54.8 Å². The van der Waals surface area contributed by atoms with Gasteiger partial charge in [-0.3, -0.25) is 4.98 Å². The number of nitriles is 1. The number of hydrogen-bond acceptors (Lipinski definition) is 6. The molecule has 0 saturated carbocycles. The second-order valence-electron chi connectivity index (χ2n) is 12.4. The molecule has 3 heterocycles. The van der Waals surface area contributed by atoms with E-state index in [2.05, 4.69) is 117 Å². The number of aromatic nitrogens is 6. The van der Waals surface area contributed by atoms with Crippen LogP contribution < -0.4 is 0 Å². The van der Waals surface area contributed by atoms with E-state index in [0.717, 1.165) is 61.7 Å². The van der Waals surface area contributed by atoms with E-state index >= 15 is 0 Å². The predicted molar refractivity (Wildman–Crippen MR) is 206 cm³/mol. The summed E-state index contributed by atoms with van der Waals surface area (Å²) in [6.45, 7) is 4.22. The number of para-hydroxylation sites is 2. The Morgan fingerprint density at radius 3 is 2.04 bits per heavy atom. The number of fused-ring (bicyclic) bond motifs is 1. The van der Waals surface area contributed by atoms with Crippen LogP contribution in [-0.4, -0.2) is 29.3 Å². The topological polar surface area (TPSA) is 98.3 Å². The summed E-state index contributed by atoms with van der Waals surface area (Å²) in [4.78, 5) is 8.71. The number of hydrogen-bond donors (Lipinski definition) is 0. The zero-order chi connectivity index (χ0) is 36.1. The van der Waals surface area contributed by atoms with Gasteiger partial charge in [0.25, 0.3) is 0 Å². The normalized spacial score (nSPS) is 10.6. The molecule has 0 fully saturated rings. The number of rotatable bonds is 6. The SMILES string of the molecule is Cc1cccc(C)c1-n1ccnc1-c1[c-]cc2ocnc2c1.N#Cc1cc[c-]c(-c2nncn2-c2c(-c3ccccc3)cccc2-c2ccccc2)c1.[Ir]. The molecule has 0 aliphatic rings. The van der Waals surface area contributed by atoms with Crippen LogP contribution in [0.2, 0.25) is 0 Å². The Labute approximate surface area is 326 Å². The van der Waals surface area contributed by atoms with Crippen molar-refractivity contribution in [2.45, 2.75) is 13.8 Å². The molecule has 9 heteroatoms. The Balaban J connectivity index is 0.000000173. The van der Waals surface area contributed by atoms with E-state index in [9.17, 15) is 5.26 Å². The summed E-state index contributed by atoms with van der Waals surface area (Å²) in [6.07, 6.45) is 6.95. The van der Waals surface area contributed by atoms with Crippen LogP contribution in [0.5, 0.6) is 0 Å². The molecule has 6 aromatic carbocycles. The number of imidazole rings is 1. The van der Waals surface area contributed by atoms with Gasteiger partial charge >= 0.3 is 0 Å². The smallest absolute Gasteiger partial charge is 0.169 e. The quantitative estimate of drug-likeness (QED) is 0.154. The van der Waals surface area contributed by atoms with Crippen molar-refractivity contribution in [2.24, 2.45) is 0 Å². The Kier molecular flexibility index (Phi) is 10.5. The number of aryl methyl sites for hydroxylation is 2. The molecule has 3 aromatic heterocycles. The first-order valence-electron chi connectivity index (χ1n) is 17.0. The third-order valence-electron chi connectivity index (χ3n) is 8.99. The van der Waals surface area contributed by atoms with E-state index < -0.39 is 0 Å². The molecule has 0 aliphatic carbocycles. The maximum atomic E-state index is 9.32. The van der Waals surface area contributed by atoms with Gasteiger partial charge in [0.15, 0.2) is 6.39 Å². The van der Waals surface area contributed by atoms with Crippen LogP contribution in [-0.2, 0) is 20.1 Å². The molecule has 0 saturated heterocycles. The van der Waals surface area contributed by atoms with Crippen LogP contribution in [0.3, 0.4) is 0 Å². The van der Waals surface area contributed by atoms with Crippen molar-refractivity contribution in [3.63, 3.8) is 0 Å². The Bertz CT molecular complexity index is 2650. The Morgan fingerprint density at radius 1 is 0.685 bits per heavy atom. The summed E-state index contributed by atoms with van der Waals surface area (Å²) < 4.78 is 9.36. The van der Waals surface area contributed by atoms with E-state index in [-0.39, 0.29) is 20.1 Å². The molecular weight excluding hydrogens is 847 g/mol. The van der Waals surface area contributed by atoms with Gasteiger partial charge in [-0.25, -0.2) is 4.98 Å². The average molecular weight is 878 g/mol. The summed E-state index contributed by atoms with van der Waals surface area (Å²) in [6, 6.07) is 50.7. The molecule has 8 nitrogen and oxygen atoms in total. The minimum atomic E-state index is 0. The van der Waals surface area contributed by atoms with Crippen molar-refractivity contribution in [3.8, 4) is 62.5 Å². The van der Waals surface area contributed by atoms with Crippen LogP contribution in [0.4, 0.5) is 0 Å². The third-order valence-corrected chi connectivity index (χ3v) is 8.99. The van der Waals surface area contributed by atoms with Crippen molar-refractivity contribution < 1.29 is 24.5 Å². The average Bonchev–Trinajstić information content (AvgIpc) is 4.00. The molecule has 9 rings (SSSR count). The standard InChI is InChI=1S/C27H17N4.C18H14N3O.Ir/c28-18-20-9-7-14-23(17-20)27-30-29-19-31(27)26-24(21-10-3-1-4-11-21)15-8-16-25(26)22-12-5-2-6-13-22;1-12-4-3-5-13(2)17(12)21-9-8-19-18(21)14-6-7-16-15(10-14)20-11-22-16;/h1-13,15-17,19H;3-5,7-11H,1-2H3;/q2*-1;. The summed E-state index contributed by atoms with van der Waals surface area (Å²) in [7, 11) is 0. The van der Waals surface area contributed by atoms with Crippen LogP contribution in [0, 0.1) is 37.3 Å². The van der Waals surface area contributed by atoms with Crippen LogP contribution in [0.15, 0.2) is 157 Å². The minimum Gasteiger partial charge on any atom is -0.490 e.